The second-order valence-electron chi connectivity index (χ2n) is 6.21. The number of aromatic nitrogens is 2. The number of benzene rings is 1. The van der Waals surface area contributed by atoms with Gasteiger partial charge in [-0.1, -0.05) is 12.1 Å². The highest BCUT2D eigenvalue weighted by atomic mass is 32.1. The standard InChI is InChI=1S/C18H17FN4O2S/c19-12-3-1-10(2-4-12)13-8-26-18-14(13)17(21-9-22-18)23-15(16(20)24)11-5-6-25-7-11/h1-4,8-9,11,15H,5-7H2,(H2,20,24)(H,21,22,23)/t11-,15+/m1/s1. The lowest BCUT2D eigenvalue weighted by Crippen LogP contribution is -2.42. The minimum absolute atomic E-state index is 0.00502. The molecule has 2 aromatic heterocycles. The predicted molar refractivity (Wildman–Crippen MR) is 98.3 cm³/mol. The molecule has 1 aliphatic rings. The van der Waals surface area contributed by atoms with Crippen molar-refractivity contribution in [3.05, 3.63) is 41.8 Å². The number of ether oxygens (including phenoxy) is 1. The fraction of sp³-hybridized carbons (Fsp3) is 0.278. The molecular weight excluding hydrogens is 355 g/mol. The van der Waals surface area contributed by atoms with Gasteiger partial charge in [-0.25, -0.2) is 14.4 Å². The van der Waals surface area contributed by atoms with Crippen LogP contribution in [0.5, 0.6) is 0 Å². The van der Waals surface area contributed by atoms with Crippen molar-refractivity contribution in [1.29, 1.82) is 0 Å². The first kappa shape index (κ1) is 16.9. The predicted octanol–water partition coefficient (Wildman–Crippen LogP) is 2.80. The van der Waals surface area contributed by atoms with Crippen molar-refractivity contribution >= 4 is 33.3 Å². The Bertz CT molecular complexity index is 938. The molecule has 3 N–H and O–H groups in total. The SMILES string of the molecule is NC(=O)[C@@H](Nc1ncnc2scc(-c3ccc(F)cc3)c12)[C@@H]1CCOC1. The van der Waals surface area contributed by atoms with Gasteiger partial charge in [0.05, 0.1) is 12.0 Å². The second-order valence-corrected chi connectivity index (χ2v) is 7.06. The summed E-state index contributed by atoms with van der Waals surface area (Å²) in [6.07, 6.45) is 2.22. The number of primary amides is 1. The van der Waals surface area contributed by atoms with E-state index in [1.165, 1.54) is 29.8 Å². The van der Waals surface area contributed by atoms with E-state index < -0.39 is 11.9 Å². The van der Waals surface area contributed by atoms with Crippen molar-refractivity contribution in [2.75, 3.05) is 18.5 Å². The molecule has 134 valence electrons. The summed E-state index contributed by atoms with van der Waals surface area (Å²) in [5.74, 6) is -0.180. The Balaban J connectivity index is 1.76. The Morgan fingerprint density at radius 2 is 2.15 bits per heavy atom. The minimum Gasteiger partial charge on any atom is -0.381 e. The first-order chi connectivity index (χ1) is 12.6. The van der Waals surface area contributed by atoms with E-state index in [1.54, 1.807) is 12.1 Å². The van der Waals surface area contributed by atoms with Gasteiger partial charge in [-0.15, -0.1) is 11.3 Å². The summed E-state index contributed by atoms with van der Waals surface area (Å²) >= 11 is 1.47. The summed E-state index contributed by atoms with van der Waals surface area (Å²) < 4.78 is 18.6. The summed E-state index contributed by atoms with van der Waals surface area (Å²) in [4.78, 5) is 21.4. The lowest BCUT2D eigenvalue weighted by atomic mass is 9.98. The van der Waals surface area contributed by atoms with E-state index >= 15 is 0 Å². The third-order valence-corrected chi connectivity index (χ3v) is 5.45. The molecule has 1 aromatic carbocycles. The van der Waals surface area contributed by atoms with Crippen LogP contribution < -0.4 is 11.1 Å². The number of nitrogens with two attached hydrogens (primary N) is 1. The maximum Gasteiger partial charge on any atom is 0.240 e. The molecule has 1 saturated heterocycles. The van der Waals surface area contributed by atoms with Crippen molar-refractivity contribution < 1.29 is 13.9 Å². The summed E-state index contributed by atoms with van der Waals surface area (Å²) in [5, 5.41) is 5.95. The molecule has 0 saturated carbocycles. The summed E-state index contributed by atoms with van der Waals surface area (Å²) in [7, 11) is 0. The average molecular weight is 372 g/mol. The van der Waals surface area contributed by atoms with Crippen LogP contribution in [0.3, 0.4) is 0 Å². The van der Waals surface area contributed by atoms with Crippen LogP contribution in [-0.4, -0.2) is 35.1 Å². The zero-order valence-electron chi connectivity index (χ0n) is 13.8. The summed E-state index contributed by atoms with van der Waals surface area (Å²) in [5.41, 5.74) is 7.35. The third-order valence-electron chi connectivity index (χ3n) is 4.56. The highest BCUT2D eigenvalue weighted by Crippen LogP contribution is 2.37. The first-order valence-corrected chi connectivity index (χ1v) is 9.13. The molecule has 2 atom stereocenters. The van der Waals surface area contributed by atoms with Gasteiger partial charge in [0.25, 0.3) is 0 Å². The molecule has 0 spiro atoms. The quantitative estimate of drug-likeness (QED) is 0.719. The number of thiophene rings is 1. The molecule has 6 nitrogen and oxygen atoms in total. The van der Waals surface area contributed by atoms with Crippen LogP contribution in [0.1, 0.15) is 6.42 Å². The van der Waals surface area contributed by atoms with Gasteiger partial charge < -0.3 is 15.8 Å². The van der Waals surface area contributed by atoms with Crippen molar-refractivity contribution in [3.63, 3.8) is 0 Å². The van der Waals surface area contributed by atoms with Crippen molar-refractivity contribution in [3.8, 4) is 11.1 Å². The second kappa shape index (κ2) is 6.97. The van der Waals surface area contributed by atoms with Crippen molar-refractivity contribution in [1.82, 2.24) is 9.97 Å². The molecule has 0 aliphatic carbocycles. The molecule has 1 fully saturated rings. The molecule has 0 unspecified atom stereocenters. The van der Waals surface area contributed by atoms with Crippen LogP contribution in [0.2, 0.25) is 0 Å². The number of amides is 1. The molecule has 1 amide bonds. The Morgan fingerprint density at radius 3 is 2.85 bits per heavy atom. The molecule has 3 aromatic rings. The number of hydrogen-bond donors (Lipinski definition) is 2. The van der Waals surface area contributed by atoms with E-state index in [4.69, 9.17) is 10.5 Å². The topological polar surface area (TPSA) is 90.1 Å². The number of fused-ring (bicyclic) bond motifs is 1. The number of rotatable bonds is 5. The van der Waals surface area contributed by atoms with Crippen LogP contribution in [0.4, 0.5) is 10.2 Å². The highest BCUT2D eigenvalue weighted by Gasteiger charge is 2.31. The zero-order chi connectivity index (χ0) is 18.1. The van der Waals surface area contributed by atoms with Crippen LogP contribution in [0, 0.1) is 11.7 Å². The smallest absolute Gasteiger partial charge is 0.240 e. The van der Waals surface area contributed by atoms with E-state index in [0.29, 0.717) is 19.0 Å². The zero-order valence-corrected chi connectivity index (χ0v) is 14.6. The minimum atomic E-state index is -0.573. The van der Waals surface area contributed by atoms with Crippen LogP contribution in [0.25, 0.3) is 21.3 Å². The molecule has 0 radical (unpaired) electrons. The molecule has 8 heteroatoms. The molecular formula is C18H17FN4O2S. The fourth-order valence-corrected chi connectivity index (χ4v) is 4.13. The number of anilines is 1. The molecule has 0 bridgehead atoms. The van der Waals surface area contributed by atoms with Gasteiger partial charge in [-0.2, -0.15) is 0 Å². The van der Waals surface area contributed by atoms with Crippen LogP contribution in [-0.2, 0) is 9.53 Å². The maximum atomic E-state index is 13.3. The Labute approximate surface area is 153 Å². The van der Waals surface area contributed by atoms with E-state index in [0.717, 1.165) is 27.8 Å². The Morgan fingerprint density at radius 1 is 1.35 bits per heavy atom. The van der Waals surface area contributed by atoms with E-state index in [9.17, 15) is 9.18 Å². The fourth-order valence-electron chi connectivity index (χ4n) is 3.21. The van der Waals surface area contributed by atoms with Gasteiger partial charge in [0, 0.05) is 23.5 Å². The largest absolute Gasteiger partial charge is 0.381 e. The van der Waals surface area contributed by atoms with Gasteiger partial charge in [0.1, 0.15) is 28.8 Å². The lowest BCUT2D eigenvalue weighted by Gasteiger charge is -2.21. The van der Waals surface area contributed by atoms with Gasteiger partial charge in [0.2, 0.25) is 5.91 Å². The van der Waals surface area contributed by atoms with E-state index in [1.807, 2.05) is 5.38 Å². The number of halogens is 1. The summed E-state index contributed by atoms with van der Waals surface area (Å²) in [6, 6.07) is 5.68. The number of nitrogens with zero attached hydrogens (tertiary/aromatic N) is 2. The van der Waals surface area contributed by atoms with E-state index in [-0.39, 0.29) is 11.7 Å². The van der Waals surface area contributed by atoms with E-state index in [2.05, 4.69) is 15.3 Å². The monoisotopic (exact) mass is 372 g/mol. The van der Waals surface area contributed by atoms with Gasteiger partial charge in [-0.3, -0.25) is 4.79 Å². The van der Waals surface area contributed by atoms with Crippen LogP contribution >= 0.6 is 11.3 Å². The lowest BCUT2D eigenvalue weighted by molar-refractivity contribution is -0.119. The highest BCUT2D eigenvalue weighted by molar-refractivity contribution is 7.17. The first-order valence-electron chi connectivity index (χ1n) is 8.25. The normalized spacial score (nSPS) is 18.1. The van der Waals surface area contributed by atoms with Crippen molar-refractivity contribution in [2.24, 2.45) is 11.7 Å². The summed E-state index contributed by atoms with van der Waals surface area (Å²) in [6.45, 7) is 1.11. The number of carbonyl (C=O) groups excluding carboxylic acids is 1. The third kappa shape index (κ3) is 3.13. The van der Waals surface area contributed by atoms with Gasteiger partial charge in [-0.05, 0) is 24.1 Å². The number of nitrogens with one attached hydrogen (secondary N) is 1. The maximum absolute atomic E-state index is 13.3. The van der Waals surface area contributed by atoms with Gasteiger partial charge in [0.15, 0.2) is 0 Å². The van der Waals surface area contributed by atoms with Crippen molar-refractivity contribution in [2.45, 2.75) is 12.5 Å². The number of carbonyl (C=O) groups is 1. The number of hydrogen-bond acceptors (Lipinski definition) is 6. The van der Waals surface area contributed by atoms with Crippen LogP contribution in [0.15, 0.2) is 36.0 Å². The van der Waals surface area contributed by atoms with Gasteiger partial charge >= 0.3 is 0 Å². The average Bonchev–Trinajstić information content (AvgIpc) is 3.30. The molecule has 26 heavy (non-hydrogen) atoms. The molecule has 1 aliphatic heterocycles. The Hall–Kier alpha value is -2.58. The Kier molecular flexibility index (Phi) is 4.52. The molecule has 3 heterocycles. The molecule has 4 rings (SSSR count).